The molecule has 0 spiro atoms. The highest BCUT2D eigenvalue weighted by Crippen LogP contribution is 2.44. The summed E-state index contributed by atoms with van der Waals surface area (Å²) in [6.45, 7) is 0. The summed E-state index contributed by atoms with van der Waals surface area (Å²) in [6.07, 6.45) is 0. The van der Waals surface area contributed by atoms with Gasteiger partial charge in [0.25, 0.3) is 11.4 Å². The molecule has 0 aliphatic heterocycles. The van der Waals surface area contributed by atoms with Gasteiger partial charge in [0.15, 0.2) is 0 Å². The molecule has 0 unspecified atom stereocenters. The van der Waals surface area contributed by atoms with Gasteiger partial charge in [0.1, 0.15) is 11.4 Å². The molecule has 116 valence electrons. The predicted molar refractivity (Wildman–Crippen MR) is 85.9 cm³/mol. The second kappa shape index (κ2) is 5.47. The van der Waals surface area contributed by atoms with Gasteiger partial charge in [-0.2, -0.15) is 0 Å². The standard InChI is InChI=1S/C14H16N4O4/c1-15(2)13-10(17(19)20)7-5-9-6-8-11(18(21)22)14(12(9)13)16(3)4/h5-8H,1-4H3. The summed E-state index contributed by atoms with van der Waals surface area (Å²) in [7, 11) is 6.72. The zero-order valence-electron chi connectivity index (χ0n) is 12.7. The Morgan fingerprint density at radius 2 is 1.14 bits per heavy atom. The molecular formula is C14H16N4O4. The predicted octanol–water partition coefficient (Wildman–Crippen LogP) is 2.79. The van der Waals surface area contributed by atoms with Crippen LogP contribution in [0.2, 0.25) is 0 Å². The van der Waals surface area contributed by atoms with E-state index in [1.54, 1.807) is 50.1 Å². The Morgan fingerprint density at radius 1 is 0.773 bits per heavy atom. The molecule has 8 nitrogen and oxygen atoms in total. The van der Waals surface area contributed by atoms with Crippen LogP contribution < -0.4 is 9.80 Å². The van der Waals surface area contributed by atoms with Crippen molar-refractivity contribution < 1.29 is 9.85 Å². The van der Waals surface area contributed by atoms with Gasteiger partial charge in [0, 0.05) is 45.7 Å². The fraction of sp³-hybridized carbons (Fsp3) is 0.286. The Balaban J connectivity index is 3.06. The van der Waals surface area contributed by atoms with Crippen LogP contribution >= 0.6 is 0 Å². The lowest BCUT2D eigenvalue weighted by Crippen LogP contribution is -2.16. The first-order valence-corrected chi connectivity index (χ1v) is 6.48. The van der Waals surface area contributed by atoms with Crippen molar-refractivity contribution in [1.29, 1.82) is 0 Å². The average molecular weight is 304 g/mol. The molecule has 0 radical (unpaired) electrons. The molecule has 8 heteroatoms. The number of benzene rings is 2. The first-order valence-electron chi connectivity index (χ1n) is 6.48. The molecular weight excluding hydrogens is 288 g/mol. The molecule has 0 N–H and O–H groups in total. The van der Waals surface area contributed by atoms with Gasteiger partial charge < -0.3 is 9.80 Å². The zero-order valence-corrected chi connectivity index (χ0v) is 12.7. The van der Waals surface area contributed by atoms with Crippen molar-refractivity contribution in [2.75, 3.05) is 38.0 Å². The molecule has 0 atom stereocenters. The topological polar surface area (TPSA) is 92.8 Å². The lowest BCUT2D eigenvalue weighted by molar-refractivity contribution is -0.384. The molecule has 0 aliphatic carbocycles. The van der Waals surface area contributed by atoms with Gasteiger partial charge >= 0.3 is 0 Å². The molecule has 22 heavy (non-hydrogen) atoms. The van der Waals surface area contributed by atoms with Crippen LogP contribution in [0.3, 0.4) is 0 Å². The summed E-state index contributed by atoms with van der Waals surface area (Å²) in [5.41, 5.74) is 0.548. The number of rotatable bonds is 4. The van der Waals surface area contributed by atoms with Gasteiger partial charge in [-0.3, -0.25) is 20.2 Å². The van der Waals surface area contributed by atoms with Crippen molar-refractivity contribution in [2.45, 2.75) is 0 Å². The van der Waals surface area contributed by atoms with Crippen molar-refractivity contribution >= 4 is 33.5 Å². The lowest BCUT2D eigenvalue weighted by atomic mass is 10.0. The number of fused-ring (bicyclic) bond motifs is 1. The van der Waals surface area contributed by atoms with Gasteiger partial charge in [0.2, 0.25) is 0 Å². The van der Waals surface area contributed by atoms with E-state index in [1.807, 2.05) is 0 Å². The van der Waals surface area contributed by atoms with Crippen molar-refractivity contribution in [2.24, 2.45) is 0 Å². The third kappa shape index (κ3) is 2.39. The van der Waals surface area contributed by atoms with Crippen LogP contribution in [0.15, 0.2) is 24.3 Å². The second-order valence-electron chi connectivity index (χ2n) is 5.27. The Bertz CT molecular complexity index is 710. The van der Waals surface area contributed by atoms with Crippen LogP contribution in [-0.4, -0.2) is 38.0 Å². The Labute approximate surface area is 126 Å². The number of hydrogen-bond acceptors (Lipinski definition) is 6. The summed E-state index contributed by atoms with van der Waals surface area (Å²) in [5.74, 6) is 0. The van der Waals surface area contributed by atoms with Crippen molar-refractivity contribution in [1.82, 2.24) is 0 Å². The maximum absolute atomic E-state index is 11.3. The van der Waals surface area contributed by atoms with E-state index in [9.17, 15) is 20.2 Å². The van der Waals surface area contributed by atoms with E-state index >= 15 is 0 Å². The number of anilines is 2. The highest BCUT2D eigenvalue weighted by molar-refractivity contribution is 6.09. The molecule has 2 rings (SSSR count). The average Bonchev–Trinajstić information content (AvgIpc) is 2.43. The van der Waals surface area contributed by atoms with Gasteiger partial charge in [-0.1, -0.05) is 0 Å². The Hall–Kier alpha value is -2.90. The Morgan fingerprint density at radius 3 is 1.41 bits per heavy atom. The van der Waals surface area contributed by atoms with Crippen molar-refractivity contribution in [3.8, 4) is 0 Å². The zero-order chi connectivity index (χ0) is 16.6. The molecule has 0 heterocycles. The molecule has 0 bridgehead atoms. The number of hydrogen-bond donors (Lipinski definition) is 0. The van der Waals surface area contributed by atoms with E-state index in [4.69, 9.17) is 0 Å². The van der Waals surface area contributed by atoms with E-state index in [1.165, 1.54) is 12.1 Å². The highest BCUT2D eigenvalue weighted by Gasteiger charge is 2.26. The first-order chi connectivity index (χ1) is 10.3. The molecule has 0 saturated carbocycles. The van der Waals surface area contributed by atoms with Gasteiger partial charge in [-0.05, 0) is 17.5 Å². The quantitative estimate of drug-likeness (QED) is 0.637. The second-order valence-corrected chi connectivity index (χ2v) is 5.27. The summed E-state index contributed by atoms with van der Waals surface area (Å²) in [5, 5.41) is 23.8. The summed E-state index contributed by atoms with van der Waals surface area (Å²) in [6, 6.07) is 6.06. The smallest absolute Gasteiger partial charge is 0.293 e. The van der Waals surface area contributed by atoms with Gasteiger partial charge in [-0.25, -0.2) is 0 Å². The fourth-order valence-electron chi connectivity index (χ4n) is 2.56. The van der Waals surface area contributed by atoms with Gasteiger partial charge in [-0.15, -0.1) is 0 Å². The minimum absolute atomic E-state index is 0.0823. The minimum atomic E-state index is -0.479. The maximum atomic E-state index is 11.3. The summed E-state index contributed by atoms with van der Waals surface area (Å²) < 4.78 is 0. The van der Waals surface area contributed by atoms with Gasteiger partial charge in [0.05, 0.1) is 9.85 Å². The van der Waals surface area contributed by atoms with Crippen LogP contribution in [0.25, 0.3) is 10.8 Å². The monoisotopic (exact) mass is 304 g/mol. The maximum Gasteiger partial charge on any atom is 0.293 e. The van der Waals surface area contributed by atoms with E-state index in [0.717, 1.165) is 0 Å². The molecule has 0 saturated heterocycles. The van der Waals surface area contributed by atoms with E-state index < -0.39 is 9.85 Å². The van der Waals surface area contributed by atoms with Crippen LogP contribution in [0, 0.1) is 20.2 Å². The molecule has 0 aliphatic rings. The van der Waals surface area contributed by atoms with Crippen LogP contribution in [-0.2, 0) is 0 Å². The molecule has 0 amide bonds. The van der Waals surface area contributed by atoms with Crippen LogP contribution in [0.4, 0.5) is 22.7 Å². The number of nitro groups is 2. The van der Waals surface area contributed by atoms with E-state index in [0.29, 0.717) is 22.1 Å². The van der Waals surface area contributed by atoms with E-state index in [-0.39, 0.29) is 11.4 Å². The molecule has 2 aromatic rings. The SMILES string of the molecule is CN(C)c1c([N+](=O)[O-])ccc2ccc([N+](=O)[O-])c(N(C)C)c12. The van der Waals surface area contributed by atoms with Crippen LogP contribution in [0.5, 0.6) is 0 Å². The Kier molecular flexibility index (Phi) is 3.85. The normalized spacial score (nSPS) is 10.5. The highest BCUT2D eigenvalue weighted by atomic mass is 16.6. The van der Waals surface area contributed by atoms with Crippen molar-refractivity contribution in [3.05, 3.63) is 44.5 Å². The molecule has 0 fully saturated rings. The van der Waals surface area contributed by atoms with E-state index in [2.05, 4.69) is 0 Å². The minimum Gasteiger partial charge on any atom is -0.372 e. The summed E-state index contributed by atoms with van der Waals surface area (Å²) in [4.78, 5) is 24.9. The van der Waals surface area contributed by atoms with Crippen LogP contribution in [0.1, 0.15) is 0 Å². The fourth-order valence-corrected chi connectivity index (χ4v) is 2.56. The third-order valence-corrected chi connectivity index (χ3v) is 3.38. The lowest BCUT2D eigenvalue weighted by Gasteiger charge is -2.21. The van der Waals surface area contributed by atoms with Crippen molar-refractivity contribution in [3.63, 3.8) is 0 Å². The summed E-state index contributed by atoms with van der Waals surface area (Å²) >= 11 is 0. The molecule has 0 aromatic heterocycles. The third-order valence-electron chi connectivity index (χ3n) is 3.38. The number of nitro benzene ring substituents is 2. The number of nitrogens with zero attached hydrogens (tertiary/aromatic N) is 4. The molecule has 2 aromatic carbocycles. The largest absolute Gasteiger partial charge is 0.372 e. The first kappa shape index (κ1) is 15.5.